The van der Waals surface area contributed by atoms with Crippen LogP contribution in [0, 0.1) is 11.8 Å². The predicted octanol–water partition coefficient (Wildman–Crippen LogP) is 3.15. The van der Waals surface area contributed by atoms with Gasteiger partial charge in [-0.25, -0.2) is 4.79 Å². The largest absolute Gasteiger partial charge is 0.481 e. The third-order valence-electron chi connectivity index (χ3n) is 4.30. The second-order valence-electron chi connectivity index (χ2n) is 5.94. The number of piperidine rings is 1. The van der Waals surface area contributed by atoms with Crippen LogP contribution in [-0.2, 0) is 16.1 Å². The summed E-state index contributed by atoms with van der Waals surface area (Å²) in [6.07, 6.45) is 1.60. The molecule has 1 fully saturated rings. The number of hydrogen-bond acceptors (Lipinski definition) is 3. The SMILES string of the molecule is CC(CC(=O)O)C1CCN(C(=O)OCc2ccccc2)CC1. The van der Waals surface area contributed by atoms with Crippen molar-refractivity contribution >= 4 is 12.1 Å². The van der Waals surface area contributed by atoms with Crippen LogP contribution in [0.3, 0.4) is 0 Å². The first-order valence-corrected chi connectivity index (χ1v) is 7.73. The highest BCUT2D eigenvalue weighted by Gasteiger charge is 2.27. The molecule has 1 N–H and O–H groups in total. The molecule has 1 atom stereocenters. The maximum atomic E-state index is 12.0. The minimum Gasteiger partial charge on any atom is -0.481 e. The van der Waals surface area contributed by atoms with Crippen molar-refractivity contribution in [1.82, 2.24) is 4.90 Å². The van der Waals surface area contributed by atoms with E-state index in [-0.39, 0.29) is 25.0 Å². The van der Waals surface area contributed by atoms with E-state index in [4.69, 9.17) is 9.84 Å². The van der Waals surface area contributed by atoms with Crippen LogP contribution in [0.25, 0.3) is 0 Å². The molecule has 0 aliphatic carbocycles. The number of ether oxygens (including phenoxy) is 1. The Morgan fingerprint density at radius 2 is 1.91 bits per heavy atom. The van der Waals surface area contributed by atoms with Crippen LogP contribution in [-0.4, -0.2) is 35.2 Å². The fraction of sp³-hybridized carbons (Fsp3) is 0.529. The van der Waals surface area contributed by atoms with Crippen molar-refractivity contribution in [2.24, 2.45) is 11.8 Å². The van der Waals surface area contributed by atoms with Gasteiger partial charge in [0.05, 0.1) is 0 Å². The zero-order valence-electron chi connectivity index (χ0n) is 12.9. The maximum Gasteiger partial charge on any atom is 0.410 e. The standard InChI is InChI=1S/C17H23NO4/c1-13(11-16(19)20)15-7-9-18(10-8-15)17(21)22-12-14-5-3-2-4-6-14/h2-6,13,15H,7-12H2,1H3,(H,19,20). The Morgan fingerprint density at radius 1 is 1.27 bits per heavy atom. The van der Waals surface area contributed by atoms with E-state index >= 15 is 0 Å². The molecule has 1 saturated heterocycles. The topological polar surface area (TPSA) is 66.8 Å². The number of carboxylic acids is 1. The molecule has 1 unspecified atom stereocenters. The highest BCUT2D eigenvalue weighted by atomic mass is 16.6. The van der Waals surface area contributed by atoms with Gasteiger partial charge >= 0.3 is 12.1 Å². The molecule has 5 heteroatoms. The lowest BCUT2D eigenvalue weighted by Gasteiger charge is -2.33. The minimum atomic E-state index is -0.753. The Balaban J connectivity index is 1.74. The third-order valence-corrected chi connectivity index (χ3v) is 4.30. The van der Waals surface area contributed by atoms with Crippen molar-refractivity contribution in [2.45, 2.75) is 32.8 Å². The quantitative estimate of drug-likeness (QED) is 0.907. The van der Waals surface area contributed by atoms with Crippen LogP contribution >= 0.6 is 0 Å². The maximum absolute atomic E-state index is 12.0. The molecule has 0 saturated carbocycles. The van der Waals surface area contributed by atoms with Gasteiger partial charge in [-0.1, -0.05) is 37.3 Å². The highest BCUT2D eigenvalue weighted by molar-refractivity contribution is 5.68. The molecule has 5 nitrogen and oxygen atoms in total. The zero-order valence-corrected chi connectivity index (χ0v) is 12.9. The molecule has 0 aromatic heterocycles. The third kappa shape index (κ3) is 4.76. The van der Waals surface area contributed by atoms with Crippen molar-refractivity contribution in [3.05, 3.63) is 35.9 Å². The summed E-state index contributed by atoms with van der Waals surface area (Å²) in [6.45, 7) is 3.54. The lowest BCUT2D eigenvalue weighted by molar-refractivity contribution is -0.138. The molecule has 1 aliphatic heterocycles. The second-order valence-corrected chi connectivity index (χ2v) is 5.94. The molecule has 1 aliphatic rings. The summed E-state index contributed by atoms with van der Waals surface area (Å²) < 4.78 is 5.32. The first kappa shape index (κ1) is 16.3. The van der Waals surface area contributed by atoms with Crippen molar-refractivity contribution < 1.29 is 19.4 Å². The Bertz CT molecular complexity index is 495. The number of aliphatic carboxylic acids is 1. The van der Waals surface area contributed by atoms with Gasteiger partial charge in [-0.15, -0.1) is 0 Å². The number of likely N-dealkylation sites (tertiary alicyclic amines) is 1. The first-order valence-electron chi connectivity index (χ1n) is 7.73. The predicted molar refractivity (Wildman–Crippen MR) is 82.3 cm³/mol. The Morgan fingerprint density at radius 3 is 2.50 bits per heavy atom. The van der Waals surface area contributed by atoms with Crippen LogP contribution in [0.4, 0.5) is 4.79 Å². The molecule has 1 aromatic carbocycles. The molecule has 0 bridgehead atoms. The van der Waals surface area contributed by atoms with E-state index in [9.17, 15) is 9.59 Å². The van der Waals surface area contributed by atoms with Gasteiger partial charge in [0, 0.05) is 19.5 Å². The van der Waals surface area contributed by atoms with Crippen molar-refractivity contribution in [3.63, 3.8) is 0 Å². The summed E-state index contributed by atoms with van der Waals surface area (Å²) in [5.41, 5.74) is 0.973. The summed E-state index contributed by atoms with van der Waals surface area (Å²) in [5, 5.41) is 8.85. The minimum absolute atomic E-state index is 0.153. The van der Waals surface area contributed by atoms with Crippen LogP contribution in [0.2, 0.25) is 0 Å². The second kappa shape index (κ2) is 7.82. The molecule has 120 valence electrons. The monoisotopic (exact) mass is 305 g/mol. The van der Waals surface area contributed by atoms with E-state index in [1.54, 1.807) is 4.90 Å². The number of benzene rings is 1. The number of carbonyl (C=O) groups excluding carboxylic acids is 1. The van der Waals surface area contributed by atoms with E-state index in [0.717, 1.165) is 18.4 Å². The van der Waals surface area contributed by atoms with Gasteiger partial charge in [-0.3, -0.25) is 4.79 Å². The first-order chi connectivity index (χ1) is 10.6. The number of amides is 1. The molecule has 1 amide bonds. The Hall–Kier alpha value is -2.04. The van der Waals surface area contributed by atoms with Crippen molar-refractivity contribution in [3.8, 4) is 0 Å². The van der Waals surface area contributed by atoms with Crippen LogP contribution < -0.4 is 0 Å². The Labute approximate surface area is 130 Å². The van der Waals surface area contributed by atoms with E-state index in [1.807, 2.05) is 37.3 Å². The highest BCUT2D eigenvalue weighted by Crippen LogP contribution is 2.27. The van der Waals surface area contributed by atoms with E-state index < -0.39 is 5.97 Å². The summed E-state index contributed by atoms with van der Waals surface area (Å²) in [4.78, 5) is 24.5. The number of rotatable bonds is 5. The number of carbonyl (C=O) groups is 2. The average Bonchev–Trinajstić information content (AvgIpc) is 2.53. The molecule has 2 rings (SSSR count). The number of carboxylic acid groups (broad SMARTS) is 1. The fourth-order valence-corrected chi connectivity index (χ4v) is 2.90. The smallest absolute Gasteiger partial charge is 0.410 e. The van der Waals surface area contributed by atoms with Crippen LogP contribution in [0.5, 0.6) is 0 Å². The van der Waals surface area contributed by atoms with Crippen molar-refractivity contribution in [1.29, 1.82) is 0 Å². The van der Waals surface area contributed by atoms with Gasteiger partial charge in [-0.2, -0.15) is 0 Å². The molecular weight excluding hydrogens is 282 g/mol. The molecule has 1 heterocycles. The lowest BCUT2D eigenvalue weighted by atomic mass is 9.84. The Kier molecular flexibility index (Phi) is 5.81. The molecule has 22 heavy (non-hydrogen) atoms. The van der Waals surface area contributed by atoms with Crippen LogP contribution in [0.1, 0.15) is 31.7 Å². The summed E-state index contributed by atoms with van der Waals surface area (Å²) in [5.74, 6) is -0.230. The molecular formula is C17H23NO4. The summed E-state index contributed by atoms with van der Waals surface area (Å²) >= 11 is 0. The number of hydrogen-bond donors (Lipinski definition) is 1. The fourth-order valence-electron chi connectivity index (χ4n) is 2.90. The van der Waals surface area contributed by atoms with E-state index in [1.165, 1.54) is 0 Å². The molecule has 1 aromatic rings. The number of nitrogens with zero attached hydrogens (tertiary/aromatic N) is 1. The summed E-state index contributed by atoms with van der Waals surface area (Å²) in [6, 6.07) is 9.60. The van der Waals surface area contributed by atoms with Crippen LogP contribution in [0.15, 0.2) is 30.3 Å². The normalized spacial score (nSPS) is 17.0. The van der Waals surface area contributed by atoms with Gasteiger partial charge in [-0.05, 0) is 30.2 Å². The summed E-state index contributed by atoms with van der Waals surface area (Å²) in [7, 11) is 0. The van der Waals surface area contributed by atoms with E-state index in [0.29, 0.717) is 19.0 Å². The van der Waals surface area contributed by atoms with Gasteiger partial charge in [0.15, 0.2) is 0 Å². The molecule has 0 radical (unpaired) electrons. The van der Waals surface area contributed by atoms with Gasteiger partial charge in [0.1, 0.15) is 6.61 Å². The zero-order chi connectivity index (χ0) is 15.9. The van der Waals surface area contributed by atoms with Gasteiger partial charge in [0.2, 0.25) is 0 Å². The average molecular weight is 305 g/mol. The lowest BCUT2D eigenvalue weighted by Crippen LogP contribution is -2.40. The van der Waals surface area contributed by atoms with Gasteiger partial charge in [0.25, 0.3) is 0 Å². The van der Waals surface area contributed by atoms with Gasteiger partial charge < -0.3 is 14.7 Å². The van der Waals surface area contributed by atoms with Crippen molar-refractivity contribution in [2.75, 3.05) is 13.1 Å². The van der Waals surface area contributed by atoms with E-state index in [2.05, 4.69) is 0 Å². The molecule has 0 spiro atoms.